The number of hydrogen-bond donors (Lipinski definition) is 1. The fourth-order valence-electron chi connectivity index (χ4n) is 2.47. The van der Waals surface area contributed by atoms with Crippen molar-refractivity contribution in [3.05, 3.63) is 35.8 Å². The third-order valence-corrected chi connectivity index (χ3v) is 3.80. The first kappa shape index (κ1) is 18.8. The Bertz CT molecular complexity index is 389. The Hall–Kier alpha value is -1.26. The van der Waals surface area contributed by atoms with Gasteiger partial charge in [0.1, 0.15) is 13.2 Å². The lowest BCUT2D eigenvalue weighted by Crippen LogP contribution is -2.40. The van der Waals surface area contributed by atoms with E-state index < -0.39 is 0 Å². The largest absolute Gasteiger partial charge is 0.498 e. The van der Waals surface area contributed by atoms with Crippen LogP contribution in [0.4, 0.5) is 0 Å². The van der Waals surface area contributed by atoms with E-state index in [2.05, 4.69) is 36.2 Å². The normalized spacial score (nSPS) is 19.7. The van der Waals surface area contributed by atoms with Crippen molar-refractivity contribution in [3.8, 4) is 0 Å². The van der Waals surface area contributed by atoms with Gasteiger partial charge in [-0.3, -0.25) is 0 Å². The van der Waals surface area contributed by atoms with E-state index in [1.165, 1.54) is 12.0 Å². The molecule has 1 unspecified atom stereocenters. The maximum absolute atomic E-state index is 5.55. The number of hydrogen-bond acceptors (Lipinski definition) is 4. The van der Waals surface area contributed by atoms with Gasteiger partial charge >= 0.3 is 0 Å². The van der Waals surface area contributed by atoms with Crippen molar-refractivity contribution < 1.29 is 9.47 Å². The molecule has 0 aromatic heterocycles. The van der Waals surface area contributed by atoms with Gasteiger partial charge in [0.15, 0.2) is 0 Å². The van der Waals surface area contributed by atoms with Gasteiger partial charge in [0.25, 0.3) is 0 Å². The Kier molecular flexibility index (Phi) is 9.67. The van der Waals surface area contributed by atoms with Gasteiger partial charge in [0.05, 0.1) is 12.0 Å². The minimum atomic E-state index is 0.431. The fraction of sp³-hybridized carbons (Fsp3) is 0.667. The summed E-state index contributed by atoms with van der Waals surface area (Å²) >= 11 is 0. The number of likely N-dealkylation sites (N-methyl/N-ethyl adjacent to an activating group) is 2. The number of nitrogens with zero attached hydrogens (tertiary/aromatic N) is 1. The molecular weight excluding hydrogens is 276 g/mol. The van der Waals surface area contributed by atoms with Crippen LogP contribution in [0.15, 0.2) is 35.8 Å². The molecular formula is C18H32N2O2. The van der Waals surface area contributed by atoms with Crippen LogP contribution in [-0.2, 0) is 9.47 Å². The van der Waals surface area contributed by atoms with Gasteiger partial charge in [-0.05, 0) is 57.6 Å². The number of allylic oxidation sites excluding steroid dienone is 4. The molecule has 0 spiro atoms. The minimum absolute atomic E-state index is 0.431. The van der Waals surface area contributed by atoms with Crippen molar-refractivity contribution in [1.29, 1.82) is 0 Å². The summed E-state index contributed by atoms with van der Waals surface area (Å²) in [5, 5.41) is 3.44. The summed E-state index contributed by atoms with van der Waals surface area (Å²) < 4.78 is 11.0. The molecule has 1 atom stereocenters. The van der Waals surface area contributed by atoms with Crippen LogP contribution in [0, 0.1) is 0 Å². The van der Waals surface area contributed by atoms with Gasteiger partial charge in [-0.2, -0.15) is 0 Å². The first-order valence-electron chi connectivity index (χ1n) is 8.37. The molecule has 1 heterocycles. The van der Waals surface area contributed by atoms with E-state index in [4.69, 9.17) is 9.47 Å². The zero-order valence-electron chi connectivity index (χ0n) is 14.6. The quantitative estimate of drug-likeness (QED) is 0.747. The highest BCUT2D eigenvalue weighted by Crippen LogP contribution is 2.12. The third-order valence-electron chi connectivity index (χ3n) is 3.80. The predicted octanol–water partition coefficient (Wildman–Crippen LogP) is 3.09. The lowest BCUT2D eigenvalue weighted by atomic mass is 10.0. The summed E-state index contributed by atoms with van der Waals surface area (Å²) in [4.78, 5) is 2.49. The van der Waals surface area contributed by atoms with Gasteiger partial charge in [-0.15, -0.1) is 0 Å². The standard InChI is InChI=1S/C18H32N2O2/c1-5-10-20(6-2)15-18(19-4)14-17-8-7-16(3)22-13-12-21-11-9-17/h7-9,11,18-19H,5-6,10,12-15H2,1-4H3/b11-9?,16-7+,17-8?. The molecule has 126 valence electrons. The van der Waals surface area contributed by atoms with Crippen LogP contribution in [0.5, 0.6) is 0 Å². The predicted molar refractivity (Wildman–Crippen MR) is 92.8 cm³/mol. The molecule has 0 aromatic rings. The van der Waals surface area contributed by atoms with Crippen LogP contribution in [0.1, 0.15) is 33.6 Å². The summed E-state index contributed by atoms with van der Waals surface area (Å²) in [5.74, 6) is 0.929. The summed E-state index contributed by atoms with van der Waals surface area (Å²) in [6.07, 6.45) is 10.2. The highest BCUT2D eigenvalue weighted by molar-refractivity contribution is 5.25. The topological polar surface area (TPSA) is 33.7 Å². The van der Waals surface area contributed by atoms with Crippen LogP contribution in [0.3, 0.4) is 0 Å². The molecule has 1 N–H and O–H groups in total. The van der Waals surface area contributed by atoms with E-state index in [9.17, 15) is 0 Å². The van der Waals surface area contributed by atoms with Crippen molar-refractivity contribution in [2.75, 3.05) is 39.9 Å². The average molecular weight is 308 g/mol. The number of nitrogens with one attached hydrogen (secondary N) is 1. The molecule has 22 heavy (non-hydrogen) atoms. The van der Waals surface area contributed by atoms with Crippen LogP contribution in [0.2, 0.25) is 0 Å². The summed E-state index contributed by atoms with van der Waals surface area (Å²) in [5.41, 5.74) is 1.25. The van der Waals surface area contributed by atoms with Gasteiger partial charge in [-0.1, -0.05) is 19.9 Å². The van der Waals surface area contributed by atoms with E-state index in [-0.39, 0.29) is 0 Å². The zero-order chi connectivity index (χ0) is 16.2. The van der Waals surface area contributed by atoms with Crippen LogP contribution in [0.25, 0.3) is 0 Å². The first-order valence-corrected chi connectivity index (χ1v) is 8.37. The Morgan fingerprint density at radius 2 is 2.09 bits per heavy atom. The van der Waals surface area contributed by atoms with Crippen molar-refractivity contribution in [2.45, 2.75) is 39.7 Å². The van der Waals surface area contributed by atoms with E-state index >= 15 is 0 Å². The molecule has 0 aromatic carbocycles. The highest BCUT2D eigenvalue weighted by atomic mass is 16.5. The molecule has 1 aliphatic rings. The van der Waals surface area contributed by atoms with Crippen molar-refractivity contribution in [3.63, 3.8) is 0 Å². The molecule has 1 aliphatic heterocycles. The van der Waals surface area contributed by atoms with Crippen LogP contribution < -0.4 is 5.32 Å². The van der Waals surface area contributed by atoms with Crippen molar-refractivity contribution in [1.82, 2.24) is 10.2 Å². The van der Waals surface area contributed by atoms with Crippen LogP contribution >= 0.6 is 0 Å². The maximum atomic E-state index is 5.55. The molecule has 0 aliphatic carbocycles. The van der Waals surface area contributed by atoms with Gasteiger partial charge in [0, 0.05) is 12.6 Å². The monoisotopic (exact) mass is 308 g/mol. The maximum Gasteiger partial charge on any atom is 0.122 e. The summed E-state index contributed by atoms with van der Waals surface area (Å²) in [6, 6.07) is 0.431. The smallest absolute Gasteiger partial charge is 0.122 e. The van der Waals surface area contributed by atoms with Gasteiger partial charge in [-0.25, -0.2) is 0 Å². The highest BCUT2D eigenvalue weighted by Gasteiger charge is 2.12. The Labute approximate surface area is 135 Å². The molecule has 0 bridgehead atoms. The molecule has 0 fully saturated rings. The Morgan fingerprint density at radius 1 is 1.27 bits per heavy atom. The number of ether oxygens (including phenoxy) is 2. The second-order valence-electron chi connectivity index (χ2n) is 5.62. The lowest BCUT2D eigenvalue weighted by molar-refractivity contribution is 0.132. The summed E-state index contributed by atoms with van der Waals surface area (Å²) in [7, 11) is 2.04. The van der Waals surface area contributed by atoms with Crippen molar-refractivity contribution in [2.24, 2.45) is 0 Å². The number of rotatable bonds is 8. The summed E-state index contributed by atoms with van der Waals surface area (Å²) in [6.45, 7) is 10.9. The van der Waals surface area contributed by atoms with E-state index in [1.54, 1.807) is 6.26 Å². The van der Waals surface area contributed by atoms with Crippen LogP contribution in [-0.4, -0.2) is 50.8 Å². The second-order valence-corrected chi connectivity index (χ2v) is 5.62. The molecule has 0 saturated carbocycles. The second kappa shape index (κ2) is 11.3. The first-order chi connectivity index (χ1) is 10.7. The molecule has 0 saturated heterocycles. The molecule has 4 nitrogen and oxygen atoms in total. The minimum Gasteiger partial charge on any atom is -0.498 e. The molecule has 0 radical (unpaired) electrons. The SMILES string of the molecule is CCCN(CC)CC(CC1=C/C=C(\C)OCCOC=C1)NC. The van der Waals surface area contributed by atoms with E-state index in [0.29, 0.717) is 19.3 Å². The van der Waals surface area contributed by atoms with E-state index in [1.807, 2.05) is 20.0 Å². The van der Waals surface area contributed by atoms with Gasteiger partial charge < -0.3 is 19.7 Å². The van der Waals surface area contributed by atoms with Gasteiger partial charge in [0.2, 0.25) is 0 Å². The molecule has 1 rings (SSSR count). The Balaban J connectivity index is 2.70. The van der Waals surface area contributed by atoms with E-state index in [0.717, 1.165) is 31.8 Å². The lowest BCUT2D eigenvalue weighted by Gasteiger charge is -2.26. The molecule has 0 amide bonds. The Morgan fingerprint density at radius 3 is 2.77 bits per heavy atom. The average Bonchev–Trinajstić information content (AvgIpc) is 2.53. The third kappa shape index (κ3) is 7.66. The molecule has 4 heteroatoms. The van der Waals surface area contributed by atoms with Crippen molar-refractivity contribution >= 4 is 0 Å². The zero-order valence-corrected chi connectivity index (χ0v) is 14.6. The fourth-order valence-corrected chi connectivity index (χ4v) is 2.47.